The monoisotopic (exact) mass is 300 g/mol. The Labute approximate surface area is 126 Å². The van der Waals surface area contributed by atoms with Gasteiger partial charge in [0, 0.05) is 10.8 Å². The molecule has 0 N–H and O–H groups in total. The van der Waals surface area contributed by atoms with Crippen molar-refractivity contribution in [3.8, 4) is 11.5 Å². The van der Waals surface area contributed by atoms with E-state index in [9.17, 15) is 8.78 Å². The molecule has 0 radical (unpaired) electrons. The van der Waals surface area contributed by atoms with Crippen molar-refractivity contribution in [3.05, 3.63) is 72.3 Å². The van der Waals surface area contributed by atoms with Crippen LogP contribution in [-0.2, 0) is 0 Å². The van der Waals surface area contributed by atoms with Gasteiger partial charge in [-0.1, -0.05) is 24.3 Å². The minimum absolute atomic E-state index is 0.273. The molecule has 0 fully saturated rings. The lowest BCUT2D eigenvalue weighted by Crippen LogP contribution is -2.09. The lowest BCUT2D eigenvalue weighted by Gasteiger charge is -2.11. The van der Waals surface area contributed by atoms with E-state index in [1.807, 2.05) is 12.1 Å². The van der Waals surface area contributed by atoms with Gasteiger partial charge in [0.25, 0.3) is 0 Å². The van der Waals surface area contributed by atoms with Crippen LogP contribution in [0.3, 0.4) is 0 Å². The number of ether oxygens (including phenoxy) is 2. The van der Waals surface area contributed by atoms with Crippen LogP contribution in [0.2, 0.25) is 0 Å². The number of rotatable bonds is 5. The first-order valence-corrected chi connectivity index (χ1v) is 6.92. The number of hydrogen-bond acceptors (Lipinski definition) is 2. The summed E-state index contributed by atoms with van der Waals surface area (Å²) in [5.41, 5.74) is 0. The van der Waals surface area contributed by atoms with Gasteiger partial charge in [-0.05, 0) is 36.4 Å². The summed E-state index contributed by atoms with van der Waals surface area (Å²) in [5, 5.41) is 1.25. The Morgan fingerprint density at radius 2 is 1.36 bits per heavy atom. The quantitative estimate of drug-likeness (QED) is 0.642. The Bertz CT molecular complexity index is 770. The Balaban J connectivity index is 1.62. The van der Waals surface area contributed by atoms with Gasteiger partial charge < -0.3 is 9.47 Å². The predicted molar refractivity (Wildman–Crippen MR) is 81.3 cm³/mol. The molecule has 2 nitrogen and oxygen atoms in total. The Kier molecular flexibility index (Phi) is 4.19. The van der Waals surface area contributed by atoms with Crippen molar-refractivity contribution in [3.63, 3.8) is 0 Å². The molecule has 0 saturated heterocycles. The molecule has 22 heavy (non-hydrogen) atoms. The van der Waals surface area contributed by atoms with Crippen LogP contribution < -0.4 is 9.47 Å². The van der Waals surface area contributed by atoms with Crippen molar-refractivity contribution in [2.45, 2.75) is 0 Å². The van der Waals surface area contributed by atoms with Crippen LogP contribution in [-0.4, -0.2) is 13.2 Å². The molecule has 3 aromatic rings. The highest BCUT2D eigenvalue weighted by atomic mass is 19.1. The molecule has 0 aliphatic carbocycles. The molecule has 0 atom stereocenters. The summed E-state index contributed by atoms with van der Waals surface area (Å²) in [5.74, 6) is 0.612. The second-order valence-electron chi connectivity index (χ2n) is 4.74. The number of fused-ring (bicyclic) bond motifs is 1. The number of hydrogen-bond donors (Lipinski definition) is 0. The standard InChI is InChI=1S/C18H14F2O2/c19-13-5-7-14(8-6-13)21-11-12-22-18-10-9-17(20)15-3-1-2-4-16(15)18/h1-10H,11-12H2. The largest absolute Gasteiger partial charge is 0.490 e. The highest BCUT2D eigenvalue weighted by Crippen LogP contribution is 2.27. The van der Waals surface area contributed by atoms with Gasteiger partial charge in [0.05, 0.1) is 0 Å². The minimum atomic E-state index is -0.304. The van der Waals surface area contributed by atoms with Gasteiger partial charge in [0.15, 0.2) is 0 Å². The molecule has 0 aliphatic rings. The third-order valence-corrected chi connectivity index (χ3v) is 3.25. The van der Waals surface area contributed by atoms with Gasteiger partial charge in [-0.15, -0.1) is 0 Å². The second-order valence-corrected chi connectivity index (χ2v) is 4.74. The Morgan fingerprint density at radius 1 is 0.682 bits per heavy atom. The first-order chi connectivity index (χ1) is 10.7. The van der Waals surface area contributed by atoms with Gasteiger partial charge in [-0.25, -0.2) is 8.78 Å². The van der Waals surface area contributed by atoms with Crippen LogP contribution in [0.25, 0.3) is 10.8 Å². The molecule has 0 saturated carbocycles. The minimum Gasteiger partial charge on any atom is -0.490 e. The zero-order chi connectivity index (χ0) is 15.4. The van der Waals surface area contributed by atoms with Crippen molar-refractivity contribution in [2.75, 3.05) is 13.2 Å². The molecule has 0 amide bonds. The van der Waals surface area contributed by atoms with Crippen LogP contribution in [0, 0.1) is 11.6 Å². The fourth-order valence-corrected chi connectivity index (χ4v) is 2.20. The maximum Gasteiger partial charge on any atom is 0.131 e. The smallest absolute Gasteiger partial charge is 0.131 e. The topological polar surface area (TPSA) is 18.5 Å². The first kappa shape index (κ1) is 14.3. The summed E-state index contributed by atoms with van der Waals surface area (Å²) in [7, 11) is 0. The molecule has 0 heterocycles. The molecule has 0 spiro atoms. The van der Waals surface area contributed by atoms with E-state index < -0.39 is 0 Å². The summed E-state index contributed by atoms with van der Waals surface area (Å²) >= 11 is 0. The molecular weight excluding hydrogens is 286 g/mol. The zero-order valence-electron chi connectivity index (χ0n) is 11.8. The molecule has 0 aromatic heterocycles. The summed E-state index contributed by atoms with van der Waals surface area (Å²) in [6.45, 7) is 0.629. The summed E-state index contributed by atoms with van der Waals surface area (Å²) < 4.78 is 37.6. The van der Waals surface area contributed by atoms with Crippen LogP contribution in [0.15, 0.2) is 60.7 Å². The van der Waals surface area contributed by atoms with E-state index >= 15 is 0 Å². The first-order valence-electron chi connectivity index (χ1n) is 6.92. The molecule has 112 valence electrons. The Hall–Kier alpha value is -2.62. The lowest BCUT2D eigenvalue weighted by atomic mass is 10.1. The average Bonchev–Trinajstić information content (AvgIpc) is 2.55. The van der Waals surface area contributed by atoms with Crippen molar-refractivity contribution in [1.82, 2.24) is 0 Å². The second kappa shape index (κ2) is 6.43. The number of halogens is 2. The lowest BCUT2D eigenvalue weighted by molar-refractivity contribution is 0.218. The molecule has 0 aliphatic heterocycles. The van der Waals surface area contributed by atoms with E-state index in [1.165, 1.54) is 18.2 Å². The van der Waals surface area contributed by atoms with E-state index in [-0.39, 0.29) is 11.6 Å². The van der Waals surface area contributed by atoms with Crippen molar-refractivity contribution in [1.29, 1.82) is 0 Å². The van der Waals surface area contributed by atoms with Gasteiger partial charge in [-0.3, -0.25) is 0 Å². The SMILES string of the molecule is Fc1ccc(OCCOc2ccc(F)c3ccccc23)cc1. The van der Waals surface area contributed by atoms with E-state index in [0.29, 0.717) is 30.1 Å². The van der Waals surface area contributed by atoms with E-state index in [0.717, 1.165) is 5.39 Å². The van der Waals surface area contributed by atoms with E-state index in [4.69, 9.17) is 9.47 Å². The van der Waals surface area contributed by atoms with Crippen LogP contribution in [0.1, 0.15) is 0 Å². The van der Waals surface area contributed by atoms with E-state index in [2.05, 4.69) is 0 Å². The van der Waals surface area contributed by atoms with Crippen LogP contribution >= 0.6 is 0 Å². The maximum atomic E-state index is 13.7. The molecule has 3 rings (SSSR count). The Morgan fingerprint density at radius 3 is 2.14 bits per heavy atom. The summed E-state index contributed by atoms with van der Waals surface area (Å²) in [6.07, 6.45) is 0. The van der Waals surface area contributed by atoms with E-state index in [1.54, 1.807) is 30.3 Å². The highest BCUT2D eigenvalue weighted by Gasteiger charge is 2.06. The summed E-state index contributed by atoms with van der Waals surface area (Å²) in [6, 6.07) is 15.9. The number of benzene rings is 3. The van der Waals surface area contributed by atoms with Crippen LogP contribution in [0.4, 0.5) is 8.78 Å². The highest BCUT2D eigenvalue weighted by molar-refractivity contribution is 5.88. The fourth-order valence-electron chi connectivity index (χ4n) is 2.20. The molecule has 0 unspecified atom stereocenters. The third kappa shape index (κ3) is 3.17. The van der Waals surface area contributed by atoms with Crippen LogP contribution in [0.5, 0.6) is 11.5 Å². The summed E-state index contributed by atoms with van der Waals surface area (Å²) in [4.78, 5) is 0. The normalized spacial score (nSPS) is 10.6. The molecule has 0 bridgehead atoms. The van der Waals surface area contributed by atoms with Crippen molar-refractivity contribution >= 4 is 10.8 Å². The average molecular weight is 300 g/mol. The van der Waals surface area contributed by atoms with Crippen molar-refractivity contribution < 1.29 is 18.3 Å². The van der Waals surface area contributed by atoms with Gasteiger partial charge in [0.2, 0.25) is 0 Å². The van der Waals surface area contributed by atoms with Gasteiger partial charge >= 0.3 is 0 Å². The van der Waals surface area contributed by atoms with Gasteiger partial charge in [-0.2, -0.15) is 0 Å². The van der Waals surface area contributed by atoms with Gasteiger partial charge in [0.1, 0.15) is 36.3 Å². The predicted octanol–water partition coefficient (Wildman–Crippen LogP) is 4.58. The molecule has 4 heteroatoms. The molecular formula is C18H14F2O2. The third-order valence-electron chi connectivity index (χ3n) is 3.25. The fraction of sp³-hybridized carbons (Fsp3) is 0.111. The molecule has 3 aromatic carbocycles. The maximum absolute atomic E-state index is 13.7. The van der Waals surface area contributed by atoms with Crippen molar-refractivity contribution in [2.24, 2.45) is 0 Å². The zero-order valence-corrected chi connectivity index (χ0v) is 11.8.